The Hall–Kier alpha value is -0.0800. The zero-order valence-electron chi connectivity index (χ0n) is 6.06. The molecule has 3 N–H and O–H groups in total. The zero-order valence-corrected chi connectivity index (χ0v) is 6.06. The van der Waals surface area contributed by atoms with Gasteiger partial charge in [-0.25, -0.2) is 0 Å². The summed E-state index contributed by atoms with van der Waals surface area (Å²) in [5.74, 6) is 0.721. The smallest absolute Gasteiger partial charge is 0.00790 e. The molecule has 0 amide bonds. The van der Waals surface area contributed by atoms with Crippen LogP contribution in [-0.4, -0.2) is 19.1 Å². The first-order chi connectivity index (χ1) is 4.34. The van der Waals surface area contributed by atoms with Gasteiger partial charge in [-0.2, -0.15) is 0 Å². The summed E-state index contributed by atoms with van der Waals surface area (Å²) in [5, 5.41) is 3.40. The third-order valence-electron chi connectivity index (χ3n) is 2.23. The first kappa shape index (κ1) is 7.03. The van der Waals surface area contributed by atoms with Gasteiger partial charge in [0, 0.05) is 6.04 Å². The number of piperidine rings is 1. The van der Waals surface area contributed by atoms with Gasteiger partial charge in [-0.3, -0.25) is 0 Å². The lowest BCUT2D eigenvalue weighted by atomic mass is 9.92. The molecular weight excluding hydrogens is 112 g/mol. The van der Waals surface area contributed by atoms with E-state index < -0.39 is 0 Å². The van der Waals surface area contributed by atoms with E-state index in [4.69, 9.17) is 5.73 Å². The van der Waals surface area contributed by atoms with E-state index in [9.17, 15) is 0 Å². The molecule has 1 heterocycles. The summed E-state index contributed by atoms with van der Waals surface area (Å²) in [5.41, 5.74) is 5.55. The Balaban J connectivity index is 2.30. The van der Waals surface area contributed by atoms with Crippen LogP contribution < -0.4 is 11.1 Å². The molecule has 0 spiro atoms. The minimum Gasteiger partial charge on any atom is -0.330 e. The molecule has 9 heavy (non-hydrogen) atoms. The normalized spacial score (nSPS) is 36.7. The van der Waals surface area contributed by atoms with Crippen molar-refractivity contribution in [2.45, 2.75) is 25.8 Å². The monoisotopic (exact) mass is 128 g/mol. The molecule has 0 aliphatic carbocycles. The van der Waals surface area contributed by atoms with E-state index in [1.54, 1.807) is 0 Å². The standard InChI is InChI=1S/C7H16N2/c1-6-7(5-8)3-2-4-9-6/h6-7,9H,2-5,8H2,1H3/t6-,7-/m1/s1. The molecule has 1 rings (SSSR count). The second-order valence-electron chi connectivity index (χ2n) is 2.88. The van der Waals surface area contributed by atoms with Crippen molar-refractivity contribution in [1.82, 2.24) is 5.32 Å². The Morgan fingerprint density at radius 3 is 2.89 bits per heavy atom. The Labute approximate surface area is 56.8 Å². The molecule has 54 valence electrons. The van der Waals surface area contributed by atoms with Crippen molar-refractivity contribution in [1.29, 1.82) is 0 Å². The van der Waals surface area contributed by atoms with Gasteiger partial charge in [0.25, 0.3) is 0 Å². The predicted octanol–water partition coefficient (Wildman–Crippen LogP) is 0.333. The average molecular weight is 128 g/mol. The van der Waals surface area contributed by atoms with E-state index in [2.05, 4.69) is 12.2 Å². The van der Waals surface area contributed by atoms with Crippen LogP contribution in [0, 0.1) is 5.92 Å². The third kappa shape index (κ3) is 1.66. The van der Waals surface area contributed by atoms with Crippen molar-refractivity contribution in [2.75, 3.05) is 13.1 Å². The number of hydrogen-bond donors (Lipinski definition) is 2. The van der Waals surface area contributed by atoms with Gasteiger partial charge in [-0.15, -0.1) is 0 Å². The Bertz CT molecular complexity index is 83.0. The molecule has 0 aromatic carbocycles. The predicted molar refractivity (Wildman–Crippen MR) is 39.2 cm³/mol. The van der Waals surface area contributed by atoms with Crippen molar-refractivity contribution >= 4 is 0 Å². The van der Waals surface area contributed by atoms with Gasteiger partial charge in [0.1, 0.15) is 0 Å². The summed E-state index contributed by atoms with van der Waals surface area (Å²) in [6, 6.07) is 0.642. The fourth-order valence-electron chi connectivity index (χ4n) is 1.43. The lowest BCUT2D eigenvalue weighted by molar-refractivity contribution is 0.304. The van der Waals surface area contributed by atoms with Crippen molar-refractivity contribution in [3.8, 4) is 0 Å². The van der Waals surface area contributed by atoms with Crippen LogP contribution in [0.3, 0.4) is 0 Å². The Morgan fingerprint density at radius 1 is 1.67 bits per heavy atom. The van der Waals surface area contributed by atoms with Gasteiger partial charge in [-0.1, -0.05) is 0 Å². The van der Waals surface area contributed by atoms with Crippen LogP contribution in [0.2, 0.25) is 0 Å². The summed E-state index contributed by atoms with van der Waals surface area (Å²) in [7, 11) is 0. The maximum absolute atomic E-state index is 5.55. The first-order valence-electron chi connectivity index (χ1n) is 3.78. The van der Waals surface area contributed by atoms with Crippen LogP contribution in [0.15, 0.2) is 0 Å². The number of nitrogens with two attached hydrogens (primary N) is 1. The van der Waals surface area contributed by atoms with Crippen LogP contribution in [0.5, 0.6) is 0 Å². The fourth-order valence-corrected chi connectivity index (χ4v) is 1.43. The summed E-state index contributed by atoms with van der Waals surface area (Å²) >= 11 is 0. The minimum absolute atomic E-state index is 0.642. The molecule has 1 aliphatic heterocycles. The average Bonchev–Trinajstić information content (AvgIpc) is 1.89. The van der Waals surface area contributed by atoms with Crippen LogP contribution >= 0.6 is 0 Å². The highest BCUT2D eigenvalue weighted by Gasteiger charge is 2.18. The lowest BCUT2D eigenvalue weighted by Crippen LogP contribution is -2.42. The topological polar surface area (TPSA) is 38.0 Å². The fraction of sp³-hybridized carbons (Fsp3) is 1.00. The van der Waals surface area contributed by atoms with Crippen LogP contribution in [0.25, 0.3) is 0 Å². The van der Waals surface area contributed by atoms with Gasteiger partial charge in [0.05, 0.1) is 0 Å². The highest BCUT2D eigenvalue weighted by Crippen LogP contribution is 2.13. The van der Waals surface area contributed by atoms with E-state index in [-0.39, 0.29) is 0 Å². The maximum atomic E-state index is 5.55. The van der Waals surface area contributed by atoms with E-state index in [0.29, 0.717) is 6.04 Å². The molecule has 2 nitrogen and oxygen atoms in total. The van der Waals surface area contributed by atoms with Crippen LogP contribution in [0.1, 0.15) is 19.8 Å². The van der Waals surface area contributed by atoms with Crippen molar-refractivity contribution in [3.63, 3.8) is 0 Å². The van der Waals surface area contributed by atoms with E-state index in [0.717, 1.165) is 12.5 Å². The Morgan fingerprint density at radius 2 is 2.44 bits per heavy atom. The van der Waals surface area contributed by atoms with Gasteiger partial charge in [-0.05, 0) is 38.8 Å². The third-order valence-corrected chi connectivity index (χ3v) is 2.23. The summed E-state index contributed by atoms with van der Waals surface area (Å²) in [6.45, 7) is 4.24. The van der Waals surface area contributed by atoms with Gasteiger partial charge >= 0.3 is 0 Å². The van der Waals surface area contributed by atoms with E-state index in [1.165, 1.54) is 19.4 Å². The molecule has 0 bridgehead atoms. The van der Waals surface area contributed by atoms with Crippen LogP contribution in [-0.2, 0) is 0 Å². The summed E-state index contributed by atoms with van der Waals surface area (Å²) < 4.78 is 0. The van der Waals surface area contributed by atoms with Crippen molar-refractivity contribution < 1.29 is 0 Å². The van der Waals surface area contributed by atoms with E-state index >= 15 is 0 Å². The first-order valence-corrected chi connectivity index (χ1v) is 3.78. The zero-order chi connectivity index (χ0) is 6.69. The molecule has 2 atom stereocenters. The number of rotatable bonds is 1. The van der Waals surface area contributed by atoms with Crippen molar-refractivity contribution in [2.24, 2.45) is 11.7 Å². The molecule has 2 heteroatoms. The Kier molecular flexibility index (Phi) is 2.49. The molecule has 0 aromatic heterocycles. The SMILES string of the molecule is C[C@H]1NCCC[C@@H]1CN. The van der Waals surface area contributed by atoms with Gasteiger partial charge < -0.3 is 11.1 Å². The molecule has 1 aliphatic rings. The maximum Gasteiger partial charge on any atom is 0.00790 e. The molecule has 0 aromatic rings. The second kappa shape index (κ2) is 3.18. The van der Waals surface area contributed by atoms with Gasteiger partial charge in [0.15, 0.2) is 0 Å². The molecule has 1 fully saturated rings. The van der Waals surface area contributed by atoms with E-state index in [1.807, 2.05) is 0 Å². The number of hydrogen-bond acceptors (Lipinski definition) is 2. The molecular formula is C7H16N2. The molecule has 1 saturated heterocycles. The minimum atomic E-state index is 0.642. The molecule has 0 saturated carbocycles. The second-order valence-corrected chi connectivity index (χ2v) is 2.88. The lowest BCUT2D eigenvalue weighted by Gasteiger charge is -2.28. The number of nitrogens with one attached hydrogen (secondary N) is 1. The highest BCUT2D eigenvalue weighted by atomic mass is 14.9. The van der Waals surface area contributed by atoms with Gasteiger partial charge in [0.2, 0.25) is 0 Å². The largest absolute Gasteiger partial charge is 0.330 e. The highest BCUT2D eigenvalue weighted by molar-refractivity contribution is 4.77. The summed E-state index contributed by atoms with van der Waals surface area (Å²) in [4.78, 5) is 0. The quantitative estimate of drug-likeness (QED) is 0.534. The molecule has 0 unspecified atom stereocenters. The van der Waals surface area contributed by atoms with Crippen LogP contribution in [0.4, 0.5) is 0 Å². The van der Waals surface area contributed by atoms with Crippen molar-refractivity contribution in [3.05, 3.63) is 0 Å². The summed E-state index contributed by atoms with van der Waals surface area (Å²) in [6.07, 6.45) is 2.61. The molecule has 0 radical (unpaired) electrons.